The molecule has 1 fully saturated rings. The van der Waals surface area contributed by atoms with Crippen molar-refractivity contribution in [1.29, 1.82) is 0 Å². The molecule has 0 saturated heterocycles. The molecule has 0 N–H and O–H groups in total. The lowest BCUT2D eigenvalue weighted by atomic mass is 10.0. The highest BCUT2D eigenvalue weighted by molar-refractivity contribution is 9.10. The van der Waals surface area contributed by atoms with E-state index in [1.165, 1.54) is 25.7 Å². The topological polar surface area (TPSA) is 56.5 Å². The number of ether oxygens (including phenoxy) is 1. The molecule has 1 aromatic heterocycles. The van der Waals surface area contributed by atoms with E-state index in [-0.39, 0.29) is 11.4 Å². The summed E-state index contributed by atoms with van der Waals surface area (Å²) in [7, 11) is 0. The number of rotatable bonds is 5. The van der Waals surface area contributed by atoms with Gasteiger partial charge >= 0.3 is 5.97 Å². The molecule has 0 atom stereocenters. The van der Waals surface area contributed by atoms with E-state index in [0.29, 0.717) is 40.4 Å². The van der Waals surface area contributed by atoms with Crippen LogP contribution in [0.15, 0.2) is 56.1 Å². The van der Waals surface area contributed by atoms with E-state index in [1.807, 2.05) is 24.3 Å². The summed E-state index contributed by atoms with van der Waals surface area (Å²) in [6.07, 6.45) is 6.28. The summed E-state index contributed by atoms with van der Waals surface area (Å²) in [4.78, 5) is 25.2. The van der Waals surface area contributed by atoms with Gasteiger partial charge in [0, 0.05) is 17.0 Å². The van der Waals surface area contributed by atoms with Crippen molar-refractivity contribution in [2.45, 2.75) is 45.4 Å². The number of hydrogen-bond acceptors (Lipinski definition) is 4. The fourth-order valence-corrected chi connectivity index (χ4v) is 4.37. The van der Waals surface area contributed by atoms with Gasteiger partial charge < -0.3 is 9.15 Å². The highest BCUT2D eigenvalue weighted by Crippen LogP contribution is 2.30. The van der Waals surface area contributed by atoms with Gasteiger partial charge in [0.15, 0.2) is 0 Å². The summed E-state index contributed by atoms with van der Waals surface area (Å²) >= 11 is 3.41. The number of carbonyl (C=O) groups excluding carboxylic acids is 1. The maximum absolute atomic E-state index is 13.0. The molecule has 29 heavy (non-hydrogen) atoms. The van der Waals surface area contributed by atoms with Crippen molar-refractivity contribution in [3.8, 4) is 16.9 Å². The van der Waals surface area contributed by atoms with Gasteiger partial charge in [-0.25, -0.2) is 0 Å². The lowest BCUT2D eigenvalue weighted by molar-refractivity contribution is -0.134. The molecule has 0 amide bonds. The Morgan fingerprint density at radius 1 is 1.14 bits per heavy atom. The van der Waals surface area contributed by atoms with Gasteiger partial charge in [-0.15, -0.1) is 0 Å². The van der Waals surface area contributed by atoms with Gasteiger partial charge in [-0.3, -0.25) is 9.59 Å². The van der Waals surface area contributed by atoms with Crippen LogP contribution >= 0.6 is 15.9 Å². The van der Waals surface area contributed by atoms with Gasteiger partial charge in [0.25, 0.3) is 0 Å². The number of halogens is 1. The maximum atomic E-state index is 13.0. The SMILES string of the molecule is Cc1oc2cc(OC(=O)CCC3CCCC3)ccc2c(=O)c1-c1ccc(Br)cc1. The number of benzene rings is 2. The second-order valence-electron chi connectivity index (χ2n) is 7.69. The van der Waals surface area contributed by atoms with Gasteiger partial charge in [0.2, 0.25) is 5.43 Å². The first-order valence-corrected chi connectivity index (χ1v) is 10.8. The average molecular weight is 455 g/mol. The van der Waals surface area contributed by atoms with E-state index < -0.39 is 0 Å². The van der Waals surface area contributed by atoms with E-state index in [2.05, 4.69) is 15.9 Å². The normalized spacial score (nSPS) is 14.4. The Kier molecular flexibility index (Phi) is 5.86. The Labute approximate surface area is 178 Å². The minimum atomic E-state index is -0.234. The molecule has 0 radical (unpaired) electrons. The number of aryl methyl sites for hydroxylation is 1. The molecule has 3 aromatic rings. The Morgan fingerprint density at radius 3 is 2.59 bits per heavy atom. The zero-order valence-electron chi connectivity index (χ0n) is 16.4. The smallest absolute Gasteiger partial charge is 0.311 e. The third-order valence-corrected chi connectivity index (χ3v) is 6.16. The van der Waals surface area contributed by atoms with E-state index in [4.69, 9.17) is 9.15 Å². The Bertz CT molecular complexity index is 1090. The zero-order valence-corrected chi connectivity index (χ0v) is 18.0. The molecule has 5 heteroatoms. The largest absolute Gasteiger partial charge is 0.460 e. The quantitative estimate of drug-likeness (QED) is 0.330. The van der Waals surface area contributed by atoms with Crippen LogP contribution in [0.3, 0.4) is 0 Å². The average Bonchev–Trinajstić information content (AvgIpc) is 3.21. The van der Waals surface area contributed by atoms with Crippen molar-refractivity contribution in [3.63, 3.8) is 0 Å². The molecule has 4 rings (SSSR count). The molecule has 0 unspecified atom stereocenters. The Balaban J connectivity index is 1.56. The minimum absolute atomic E-state index is 0.0924. The predicted octanol–water partition coefficient (Wildman–Crippen LogP) is 6.41. The van der Waals surface area contributed by atoms with E-state index in [1.54, 1.807) is 25.1 Å². The van der Waals surface area contributed by atoms with E-state index >= 15 is 0 Å². The van der Waals surface area contributed by atoms with Crippen LogP contribution in [0.2, 0.25) is 0 Å². The van der Waals surface area contributed by atoms with Crippen molar-refractivity contribution in [1.82, 2.24) is 0 Å². The minimum Gasteiger partial charge on any atom is -0.460 e. The molecular weight excluding hydrogens is 432 g/mol. The van der Waals surface area contributed by atoms with Gasteiger partial charge in [-0.1, -0.05) is 53.7 Å². The van der Waals surface area contributed by atoms with Gasteiger partial charge in [-0.05, 0) is 49.1 Å². The van der Waals surface area contributed by atoms with Crippen LogP contribution in [-0.4, -0.2) is 5.97 Å². The molecule has 1 saturated carbocycles. The number of esters is 1. The number of fused-ring (bicyclic) bond motifs is 1. The highest BCUT2D eigenvalue weighted by Gasteiger charge is 2.18. The molecule has 0 bridgehead atoms. The molecule has 0 aliphatic heterocycles. The standard InChI is InChI=1S/C24H23BrO4/c1-15-23(17-7-9-18(25)10-8-17)24(27)20-12-11-19(14-21(20)28-15)29-22(26)13-6-16-4-2-3-5-16/h7-12,14,16H,2-6,13H2,1H3. The summed E-state index contributed by atoms with van der Waals surface area (Å²) in [5.41, 5.74) is 1.69. The van der Waals surface area contributed by atoms with Crippen molar-refractivity contribution < 1.29 is 13.9 Å². The lowest BCUT2D eigenvalue weighted by Gasteiger charge is -2.10. The molecule has 0 spiro atoms. The first kappa shape index (κ1) is 19.9. The summed E-state index contributed by atoms with van der Waals surface area (Å²) in [5.74, 6) is 1.36. The summed E-state index contributed by atoms with van der Waals surface area (Å²) < 4.78 is 12.4. The van der Waals surface area contributed by atoms with Gasteiger partial charge in [-0.2, -0.15) is 0 Å². The Hall–Kier alpha value is -2.40. The maximum Gasteiger partial charge on any atom is 0.311 e. The molecule has 2 aromatic carbocycles. The van der Waals surface area contributed by atoms with Crippen molar-refractivity contribution in [2.24, 2.45) is 5.92 Å². The fourth-order valence-electron chi connectivity index (χ4n) is 4.10. The van der Waals surface area contributed by atoms with Crippen LogP contribution in [0.1, 0.15) is 44.3 Å². The number of hydrogen-bond donors (Lipinski definition) is 0. The Morgan fingerprint density at radius 2 is 1.86 bits per heavy atom. The predicted molar refractivity (Wildman–Crippen MR) is 117 cm³/mol. The van der Waals surface area contributed by atoms with Crippen LogP contribution < -0.4 is 10.2 Å². The summed E-state index contributed by atoms with van der Waals surface area (Å²) in [5, 5.41) is 0.472. The summed E-state index contributed by atoms with van der Waals surface area (Å²) in [6.45, 7) is 1.78. The van der Waals surface area contributed by atoms with Crippen molar-refractivity contribution >= 4 is 32.9 Å². The second kappa shape index (κ2) is 8.54. The second-order valence-corrected chi connectivity index (χ2v) is 8.61. The molecule has 150 valence electrons. The molecule has 4 nitrogen and oxygen atoms in total. The van der Waals surface area contributed by atoms with Gasteiger partial charge in [0.1, 0.15) is 17.1 Å². The van der Waals surface area contributed by atoms with Crippen LogP contribution in [0.5, 0.6) is 5.75 Å². The number of carbonyl (C=O) groups is 1. The third kappa shape index (κ3) is 4.45. The summed E-state index contributed by atoms with van der Waals surface area (Å²) in [6, 6.07) is 12.5. The van der Waals surface area contributed by atoms with Crippen molar-refractivity contribution in [3.05, 3.63) is 62.9 Å². The lowest BCUT2D eigenvalue weighted by Crippen LogP contribution is -2.10. The van der Waals surface area contributed by atoms with Gasteiger partial charge in [0.05, 0.1) is 10.9 Å². The van der Waals surface area contributed by atoms with Crippen LogP contribution in [0, 0.1) is 12.8 Å². The van der Waals surface area contributed by atoms with Crippen molar-refractivity contribution in [2.75, 3.05) is 0 Å². The molecule has 1 heterocycles. The van der Waals surface area contributed by atoms with Crippen LogP contribution in [-0.2, 0) is 4.79 Å². The van der Waals surface area contributed by atoms with Crippen LogP contribution in [0.4, 0.5) is 0 Å². The highest BCUT2D eigenvalue weighted by atomic mass is 79.9. The molecule has 1 aliphatic carbocycles. The zero-order chi connectivity index (χ0) is 20.4. The van der Waals surface area contributed by atoms with Crippen LogP contribution in [0.25, 0.3) is 22.1 Å². The molecular formula is C24H23BrO4. The van der Waals surface area contributed by atoms with E-state index in [9.17, 15) is 9.59 Å². The third-order valence-electron chi connectivity index (χ3n) is 5.64. The monoisotopic (exact) mass is 454 g/mol. The fraction of sp³-hybridized carbons (Fsp3) is 0.333. The molecule has 1 aliphatic rings. The first-order valence-electron chi connectivity index (χ1n) is 10.1. The first-order chi connectivity index (χ1) is 14.0. The van der Waals surface area contributed by atoms with E-state index in [0.717, 1.165) is 16.5 Å².